The topological polar surface area (TPSA) is 49.3 Å². The highest BCUT2D eigenvalue weighted by Crippen LogP contribution is 2.31. The number of benzene rings is 2. The second-order valence-electron chi connectivity index (χ2n) is 4.18. The standard InChI is InChI=1S/C14H10ClF2NO2/c1-7-3-2-4-9(15)12(7)18-13-10(16)5-8(14(19)20)6-11(13)17/h2-6,18H,1H3,(H,19,20). The van der Waals surface area contributed by atoms with Crippen molar-refractivity contribution in [1.29, 1.82) is 0 Å². The number of para-hydroxylation sites is 1. The molecule has 0 aromatic heterocycles. The molecule has 2 rings (SSSR count). The van der Waals surface area contributed by atoms with Gasteiger partial charge >= 0.3 is 5.97 Å². The summed E-state index contributed by atoms with van der Waals surface area (Å²) in [5.41, 5.74) is 0.182. The number of hydrogen-bond donors (Lipinski definition) is 2. The van der Waals surface area contributed by atoms with E-state index in [0.29, 0.717) is 16.3 Å². The van der Waals surface area contributed by atoms with Gasteiger partial charge in [0, 0.05) is 0 Å². The molecular formula is C14H10ClF2NO2. The fourth-order valence-corrected chi connectivity index (χ4v) is 2.00. The Balaban J connectivity index is 2.47. The lowest BCUT2D eigenvalue weighted by molar-refractivity contribution is 0.0696. The minimum Gasteiger partial charge on any atom is -0.478 e. The number of rotatable bonds is 3. The molecule has 20 heavy (non-hydrogen) atoms. The van der Waals surface area contributed by atoms with Gasteiger partial charge in [-0.1, -0.05) is 23.7 Å². The summed E-state index contributed by atoms with van der Waals surface area (Å²) < 4.78 is 27.6. The second kappa shape index (κ2) is 5.46. The average molecular weight is 298 g/mol. The van der Waals surface area contributed by atoms with Crippen molar-refractivity contribution in [3.05, 3.63) is 58.1 Å². The largest absolute Gasteiger partial charge is 0.478 e. The number of carboxylic acids is 1. The number of anilines is 2. The number of carboxylic acid groups (broad SMARTS) is 1. The van der Waals surface area contributed by atoms with Crippen LogP contribution in [0.25, 0.3) is 0 Å². The minimum absolute atomic E-state index is 0.311. The quantitative estimate of drug-likeness (QED) is 0.884. The van der Waals surface area contributed by atoms with Crippen molar-refractivity contribution >= 4 is 28.9 Å². The third kappa shape index (κ3) is 2.72. The molecule has 3 nitrogen and oxygen atoms in total. The van der Waals surface area contributed by atoms with E-state index >= 15 is 0 Å². The van der Waals surface area contributed by atoms with Crippen molar-refractivity contribution in [2.45, 2.75) is 6.92 Å². The van der Waals surface area contributed by atoms with E-state index < -0.39 is 28.9 Å². The van der Waals surface area contributed by atoms with Crippen LogP contribution in [0.4, 0.5) is 20.2 Å². The number of aryl methyl sites for hydroxylation is 1. The molecule has 0 aliphatic carbocycles. The van der Waals surface area contributed by atoms with Crippen LogP contribution in [-0.2, 0) is 0 Å². The van der Waals surface area contributed by atoms with Crippen LogP contribution in [0.1, 0.15) is 15.9 Å². The van der Waals surface area contributed by atoms with E-state index in [1.807, 2.05) is 0 Å². The van der Waals surface area contributed by atoms with Crippen molar-refractivity contribution in [3.8, 4) is 0 Å². The second-order valence-corrected chi connectivity index (χ2v) is 4.58. The van der Waals surface area contributed by atoms with Crippen LogP contribution < -0.4 is 5.32 Å². The first-order valence-corrected chi connectivity index (χ1v) is 6.02. The van der Waals surface area contributed by atoms with Gasteiger partial charge in [-0.05, 0) is 30.7 Å². The Morgan fingerprint density at radius 1 is 1.20 bits per heavy atom. The van der Waals surface area contributed by atoms with Crippen LogP contribution in [0.5, 0.6) is 0 Å². The van der Waals surface area contributed by atoms with Gasteiger partial charge in [0.05, 0.1) is 16.3 Å². The van der Waals surface area contributed by atoms with Crippen molar-refractivity contribution in [1.82, 2.24) is 0 Å². The summed E-state index contributed by atoms with van der Waals surface area (Å²) in [6.07, 6.45) is 0. The fraction of sp³-hybridized carbons (Fsp3) is 0.0714. The van der Waals surface area contributed by atoms with Gasteiger partial charge in [-0.15, -0.1) is 0 Å². The van der Waals surface area contributed by atoms with Crippen molar-refractivity contribution in [2.24, 2.45) is 0 Å². The summed E-state index contributed by atoms with van der Waals surface area (Å²) in [4.78, 5) is 10.7. The van der Waals surface area contributed by atoms with Crippen LogP contribution in [0.3, 0.4) is 0 Å². The van der Waals surface area contributed by atoms with Crippen LogP contribution in [0, 0.1) is 18.6 Å². The Hall–Kier alpha value is -2.14. The highest BCUT2D eigenvalue weighted by molar-refractivity contribution is 6.33. The maximum absolute atomic E-state index is 13.8. The van der Waals surface area contributed by atoms with E-state index in [1.54, 1.807) is 25.1 Å². The SMILES string of the molecule is Cc1cccc(Cl)c1Nc1c(F)cc(C(=O)O)cc1F. The first-order chi connectivity index (χ1) is 9.40. The normalized spacial score (nSPS) is 10.4. The summed E-state index contributed by atoms with van der Waals surface area (Å²) in [6, 6.07) is 6.52. The molecule has 2 N–H and O–H groups in total. The summed E-state index contributed by atoms with van der Waals surface area (Å²) in [7, 11) is 0. The van der Waals surface area contributed by atoms with Gasteiger partial charge in [0.2, 0.25) is 0 Å². The van der Waals surface area contributed by atoms with E-state index in [4.69, 9.17) is 16.7 Å². The van der Waals surface area contributed by atoms with Gasteiger partial charge in [0.25, 0.3) is 0 Å². The number of carbonyl (C=O) groups is 1. The number of nitrogens with one attached hydrogen (secondary N) is 1. The lowest BCUT2D eigenvalue weighted by Crippen LogP contribution is -2.04. The minimum atomic E-state index is -1.40. The van der Waals surface area contributed by atoms with E-state index in [-0.39, 0.29) is 0 Å². The Morgan fingerprint density at radius 3 is 2.30 bits per heavy atom. The zero-order chi connectivity index (χ0) is 14.9. The molecule has 0 fully saturated rings. The molecule has 104 valence electrons. The third-order valence-corrected chi connectivity index (χ3v) is 3.08. The lowest BCUT2D eigenvalue weighted by Gasteiger charge is -2.13. The van der Waals surface area contributed by atoms with Gasteiger partial charge < -0.3 is 10.4 Å². The molecule has 0 aliphatic heterocycles. The summed E-state index contributed by atoms with van der Waals surface area (Å²) >= 11 is 5.96. The van der Waals surface area contributed by atoms with E-state index in [1.165, 1.54) is 0 Å². The van der Waals surface area contributed by atoms with Gasteiger partial charge in [0.15, 0.2) is 11.6 Å². The predicted octanol–water partition coefficient (Wildman–Crippen LogP) is 4.37. The molecule has 2 aromatic rings. The molecule has 0 bridgehead atoms. The van der Waals surface area contributed by atoms with Gasteiger partial charge in [0.1, 0.15) is 5.69 Å². The van der Waals surface area contributed by atoms with E-state index in [2.05, 4.69) is 5.32 Å². The number of hydrogen-bond acceptors (Lipinski definition) is 2. The molecule has 0 atom stereocenters. The van der Waals surface area contributed by atoms with Crippen molar-refractivity contribution in [3.63, 3.8) is 0 Å². The Labute approximate surface area is 118 Å². The molecule has 6 heteroatoms. The molecule has 2 aromatic carbocycles. The predicted molar refractivity (Wildman–Crippen MR) is 72.8 cm³/mol. The molecule has 0 saturated heterocycles. The highest BCUT2D eigenvalue weighted by Gasteiger charge is 2.16. The molecule has 0 radical (unpaired) electrons. The van der Waals surface area contributed by atoms with Crippen LogP contribution >= 0.6 is 11.6 Å². The molecule has 0 unspecified atom stereocenters. The zero-order valence-corrected chi connectivity index (χ0v) is 11.1. The molecule has 0 spiro atoms. The zero-order valence-electron chi connectivity index (χ0n) is 10.4. The Morgan fingerprint density at radius 2 is 1.80 bits per heavy atom. The molecule has 0 heterocycles. The Bertz CT molecular complexity index is 646. The maximum atomic E-state index is 13.8. The fourth-order valence-electron chi connectivity index (χ4n) is 1.73. The summed E-state index contributed by atoms with van der Waals surface area (Å²) in [5, 5.41) is 11.6. The molecule has 0 saturated carbocycles. The third-order valence-electron chi connectivity index (χ3n) is 2.76. The lowest BCUT2D eigenvalue weighted by atomic mass is 10.1. The number of halogens is 3. The van der Waals surface area contributed by atoms with Gasteiger partial charge in [-0.25, -0.2) is 13.6 Å². The van der Waals surface area contributed by atoms with Gasteiger partial charge in [-0.2, -0.15) is 0 Å². The summed E-state index contributed by atoms with van der Waals surface area (Å²) in [5.74, 6) is -3.40. The first-order valence-electron chi connectivity index (χ1n) is 5.64. The smallest absolute Gasteiger partial charge is 0.335 e. The highest BCUT2D eigenvalue weighted by atomic mass is 35.5. The van der Waals surface area contributed by atoms with Gasteiger partial charge in [-0.3, -0.25) is 0 Å². The molecular weight excluding hydrogens is 288 g/mol. The molecule has 0 aliphatic rings. The van der Waals surface area contributed by atoms with Crippen molar-refractivity contribution in [2.75, 3.05) is 5.32 Å². The maximum Gasteiger partial charge on any atom is 0.335 e. The van der Waals surface area contributed by atoms with Crippen LogP contribution in [0.2, 0.25) is 5.02 Å². The Kier molecular flexibility index (Phi) is 3.90. The van der Waals surface area contributed by atoms with Crippen LogP contribution in [-0.4, -0.2) is 11.1 Å². The number of aromatic carboxylic acids is 1. The monoisotopic (exact) mass is 297 g/mol. The van der Waals surface area contributed by atoms with E-state index in [9.17, 15) is 13.6 Å². The van der Waals surface area contributed by atoms with Crippen molar-refractivity contribution < 1.29 is 18.7 Å². The van der Waals surface area contributed by atoms with Crippen LogP contribution in [0.15, 0.2) is 30.3 Å². The van der Waals surface area contributed by atoms with E-state index in [0.717, 1.165) is 12.1 Å². The average Bonchev–Trinajstić information content (AvgIpc) is 2.36. The molecule has 0 amide bonds. The first kappa shape index (κ1) is 14.3. The summed E-state index contributed by atoms with van der Waals surface area (Å²) in [6.45, 7) is 1.73.